The maximum absolute atomic E-state index is 13.2. The number of halogens is 3. The first-order valence-electron chi connectivity index (χ1n) is 4.87. The molecule has 2 rings (SSSR count). The third kappa shape index (κ3) is 2.63. The number of benzene rings is 1. The molecule has 0 amide bonds. The van der Waals surface area contributed by atoms with E-state index in [0.717, 1.165) is 30.5 Å². The molecule has 1 aliphatic heterocycles. The number of aryl methyl sites for hydroxylation is 1. The first-order chi connectivity index (χ1) is 6.68. The largest absolute Gasteiger partial charge is 0.310 e. The minimum Gasteiger partial charge on any atom is -0.310 e. The standard InChI is InChI=1S/C11H13ClFN.ClH/c1-7-5-8(13)6-9(11(7)12)10-3-2-4-14-10;/h5-6,10,14H,2-4H2,1H3;1H/t10-;/m0./s1. The van der Waals surface area contributed by atoms with Gasteiger partial charge in [-0.05, 0) is 49.6 Å². The van der Waals surface area contributed by atoms with Crippen molar-refractivity contribution in [3.8, 4) is 0 Å². The molecule has 0 aromatic heterocycles. The average molecular weight is 250 g/mol. The minimum absolute atomic E-state index is 0. The van der Waals surface area contributed by atoms with E-state index in [-0.39, 0.29) is 24.3 Å². The molecule has 0 radical (unpaired) electrons. The molecular formula is C11H14Cl2FN. The average Bonchev–Trinajstić information content (AvgIpc) is 2.63. The predicted molar refractivity (Wildman–Crippen MR) is 63.4 cm³/mol. The molecule has 1 nitrogen and oxygen atoms in total. The Morgan fingerprint density at radius 3 is 2.80 bits per heavy atom. The van der Waals surface area contributed by atoms with Crippen LogP contribution in [0.4, 0.5) is 4.39 Å². The van der Waals surface area contributed by atoms with Crippen LogP contribution < -0.4 is 5.32 Å². The van der Waals surface area contributed by atoms with E-state index in [1.807, 2.05) is 6.92 Å². The topological polar surface area (TPSA) is 12.0 Å². The van der Waals surface area contributed by atoms with Crippen LogP contribution in [0.1, 0.15) is 30.0 Å². The second-order valence-electron chi connectivity index (χ2n) is 3.77. The summed E-state index contributed by atoms with van der Waals surface area (Å²) in [7, 11) is 0. The van der Waals surface area contributed by atoms with Gasteiger partial charge in [-0.3, -0.25) is 0 Å². The van der Waals surface area contributed by atoms with E-state index in [4.69, 9.17) is 11.6 Å². The second-order valence-corrected chi connectivity index (χ2v) is 4.15. The van der Waals surface area contributed by atoms with Crippen LogP contribution in [0.2, 0.25) is 5.02 Å². The lowest BCUT2D eigenvalue weighted by Crippen LogP contribution is -2.13. The first kappa shape index (κ1) is 12.8. The summed E-state index contributed by atoms with van der Waals surface area (Å²) >= 11 is 6.14. The fourth-order valence-corrected chi connectivity index (χ4v) is 2.20. The summed E-state index contributed by atoms with van der Waals surface area (Å²) in [6.45, 7) is 2.83. The van der Waals surface area contributed by atoms with Gasteiger partial charge in [0.2, 0.25) is 0 Å². The van der Waals surface area contributed by atoms with Crippen molar-refractivity contribution in [1.82, 2.24) is 5.32 Å². The van der Waals surface area contributed by atoms with Gasteiger partial charge in [0.1, 0.15) is 5.82 Å². The van der Waals surface area contributed by atoms with Gasteiger partial charge in [0, 0.05) is 11.1 Å². The molecule has 1 aliphatic rings. The van der Waals surface area contributed by atoms with Crippen molar-refractivity contribution in [3.05, 3.63) is 34.1 Å². The van der Waals surface area contributed by atoms with E-state index in [0.29, 0.717) is 5.02 Å². The zero-order valence-electron chi connectivity index (χ0n) is 8.52. The molecule has 15 heavy (non-hydrogen) atoms. The molecule has 0 spiro atoms. The Balaban J connectivity index is 0.00000112. The van der Waals surface area contributed by atoms with E-state index in [9.17, 15) is 4.39 Å². The maximum Gasteiger partial charge on any atom is 0.123 e. The summed E-state index contributed by atoms with van der Waals surface area (Å²) in [5.74, 6) is -0.199. The van der Waals surface area contributed by atoms with Gasteiger partial charge >= 0.3 is 0 Å². The summed E-state index contributed by atoms with van der Waals surface area (Å²) in [6, 6.07) is 3.25. The Hall–Kier alpha value is -0.310. The zero-order chi connectivity index (χ0) is 10.1. The van der Waals surface area contributed by atoms with Crippen LogP contribution in [0.3, 0.4) is 0 Å². The molecular weight excluding hydrogens is 236 g/mol. The Labute approximate surface area is 100 Å². The van der Waals surface area contributed by atoms with Gasteiger partial charge in [-0.15, -0.1) is 12.4 Å². The number of hydrogen-bond acceptors (Lipinski definition) is 1. The van der Waals surface area contributed by atoms with E-state index in [1.54, 1.807) is 6.07 Å². The Bertz CT molecular complexity index is 349. The number of hydrogen-bond donors (Lipinski definition) is 1. The van der Waals surface area contributed by atoms with Crippen molar-refractivity contribution in [2.75, 3.05) is 6.54 Å². The van der Waals surface area contributed by atoms with Gasteiger partial charge in [-0.1, -0.05) is 11.6 Å². The van der Waals surface area contributed by atoms with E-state index >= 15 is 0 Å². The van der Waals surface area contributed by atoms with Gasteiger partial charge in [0.05, 0.1) is 0 Å². The van der Waals surface area contributed by atoms with Crippen LogP contribution in [0.5, 0.6) is 0 Å². The molecule has 1 atom stereocenters. The quantitative estimate of drug-likeness (QED) is 0.802. The summed E-state index contributed by atoms with van der Waals surface area (Å²) in [5.41, 5.74) is 1.72. The molecule has 1 aromatic rings. The van der Waals surface area contributed by atoms with Crippen LogP contribution in [0.25, 0.3) is 0 Å². The van der Waals surface area contributed by atoms with Crippen molar-refractivity contribution in [1.29, 1.82) is 0 Å². The smallest absolute Gasteiger partial charge is 0.123 e. The van der Waals surface area contributed by atoms with E-state index < -0.39 is 0 Å². The highest BCUT2D eigenvalue weighted by Gasteiger charge is 2.20. The first-order valence-corrected chi connectivity index (χ1v) is 5.25. The molecule has 1 heterocycles. The highest BCUT2D eigenvalue weighted by molar-refractivity contribution is 6.32. The fraction of sp³-hybridized carbons (Fsp3) is 0.455. The lowest BCUT2D eigenvalue weighted by molar-refractivity contribution is 0.605. The van der Waals surface area contributed by atoms with Crippen molar-refractivity contribution in [2.24, 2.45) is 0 Å². The Morgan fingerprint density at radius 1 is 1.47 bits per heavy atom. The van der Waals surface area contributed by atoms with Crippen LogP contribution in [-0.2, 0) is 0 Å². The predicted octanol–water partition coefficient (Wildman–Crippen LogP) is 3.63. The lowest BCUT2D eigenvalue weighted by Gasteiger charge is -2.14. The summed E-state index contributed by atoms with van der Waals surface area (Å²) in [6.07, 6.45) is 2.18. The minimum atomic E-state index is -0.199. The Morgan fingerprint density at radius 2 is 2.20 bits per heavy atom. The molecule has 0 unspecified atom stereocenters. The second kappa shape index (κ2) is 5.15. The SMILES string of the molecule is Cc1cc(F)cc([C@@H]2CCCN2)c1Cl.Cl. The lowest BCUT2D eigenvalue weighted by atomic mass is 10.0. The molecule has 1 N–H and O–H groups in total. The normalized spacial score (nSPS) is 20.1. The molecule has 1 fully saturated rings. The van der Waals surface area contributed by atoms with Crippen LogP contribution in [0.15, 0.2) is 12.1 Å². The van der Waals surface area contributed by atoms with Gasteiger partial charge in [0.15, 0.2) is 0 Å². The molecule has 0 aliphatic carbocycles. The molecule has 0 saturated carbocycles. The van der Waals surface area contributed by atoms with Crippen LogP contribution in [0, 0.1) is 12.7 Å². The maximum atomic E-state index is 13.2. The number of nitrogens with one attached hydrogen (secondary N) is 1. The van der Waals surface area contributed by atoms with Gasteiger partial charge in [-0.25, -0.2) is 4.39 Å². The molecule has 1 aromatic carbocycles. The molecule has 84 valence electrons. The molecule has 4 heteroatoms. The van der Waals surface area contributed by atoms with Crippen LogP contribution >= 0.6 is 24.0 Å². The van der Waals surface area contributed by atoms with E-state index in [1.165, 1.54) is 6.07 Å². The summed E-state index contributed by atoms with van der Waals surface area (Å²) in [4.78, 5) is 0. The van der Waals surface area contributed by atoms with Crippen molar-refractivity contribution in [2.45, 2.75) is 25.8 Å². The van der Waals surface area contributed by atoms with Crippen molar-refractivity contribution in [3.63, 3.8) is 0 Å². The van der Waals surface area contributed by atoms with Gasteiger partial charge in [-0.2, -0.15) is 0 Å². The van der Waals surface area contributed by atoms with Gasteiger partial charge in [0.25, 0.3) is 0 Å². The Kier molecular flexibility index (Phi) is 4.38. The third-order valence-corrected chi connectivity index (χ3v) is 3.20. The molecule has 0 bridgehead atoms. The molecule has 1 saturated heterocycles. The fourth-order valence-electron chi connectivity index (χ4n) is 1.96. The van der Waals surface area contributed by atoms with Crippen molar-refractivity contribution < 1.29 is 4.39 Å². The van der Waals surface area contributed by atoms with Crippen LogP contribution in [-0.4, -0.2) is 6.54 Å². The highest BCUT2D eigenvalue weighted by atomic mass is 35.5. The monoisotopic (exact) mass is 249 g/mol. The zero-order valence-corrected chi connectivity index (χ0v) is 10.1. The van der Waals surface area contributed by atoms with Gasteiger partial charge < -0.3 is 5.32 Å². The van der Waals surface area contributed by atoms with E-state index in [2.05, 4.69) is 5.32 Å². The number of rotatable bonds is 1. The summed E-state index contributed by atoms with van der Waals surface area (Å²) in [5, 5.41) is 4.02. The van der Waals surface area contributed by atoms with Crippen molar-refractivity contribution >= 4 is 24.0 Å². The third-order valence-electron chi connectivity index (χ3n) is 2.68. The summed E-state index contributed by atoms with van der Waals surface area (Å²) < 4.78 is 13.2. The highest BCUT2D eigenvalue weighted by Crippen LogP contribution is 2.31.